The average Bonchev–Trinajstić information content (AvgIpc) is 2.67. The standard InChI is InChI=1S/C13H7BrClF2N3/c14-6-1-2-10(8(15)3-6)20-11-5-7(16)4-9(17)12(11)19-13(20)18/h1-5H,(H2,18,19). The zero-order valence-corrected chi connectivity index (χ0v) is 12.2. The molecule has 3 nitrogen and oxygen atoms in total. The van der Waals surface area contributed by atoms with E-state index >= 15 is 0 Å². The molecule has 0 aliphatic rings. The van der Waals surface area contributed by atoms with E-state index in [1.807, 2.05) is 0 Å². The summed E-state index contributed by atoms with van der Waals surface area (Å²) in [6.07, 6.45) is 0. The van der Waals surface area contributed by atoms with Gasteiger partial charge in [0.25, 0.3) is 0 Å². The summed E-state index contributed by atoms with van der Waals surface area (Å²) in [5.41, 5.74) is 6.53. The van der Waals surface area contributed by atoms with E-state index in [1.54, 1.807) is 18.2 Å². The van der Waals surface area contributed by atoms with Crippen molar-refractivity contribution in [3.05, 3.63) is 51.5 Å². The number of anilines is 1. The van der Waals surface area contributed by atoms with Gasteiger partial charge in [-0.05, 0) is 18.2 Å². The fourth-order valence-corrected chi connectivity index (χ4v) is 2.80. The normalized spacial score (nSPS) is 11.2. The molecule has 0 saturated carbocycles. The van der Waals surface area contributed by atoms with Crippen LogP contribution in [0.2, 0.25) is 5.02 Å². The number of benzene rings is 2. The third-order valence-corrected chi connectivity index (χ3v) is 3.65. The molecule has 1 aromatic heterocycles. The Bertz CT molecular complexity index is 832. The summed E-state index contributed by atoms with van der Waals surface area (Å²) >= 11 is 9.44. The lowest BCUT2D eigenvalue weighted by atomic mass is 10.2. The maximum Gasteiger partial charge on any atom is 0.206 e. The van der Waals surface area contributed by atoms with E-state index in [-0.39, 0.29) is 17.0 Å². The molecule has 7 heteroatoms. The fraction of sp³-hybridized carbons (Fsp3) is 0. The predicted octanol–water partition coefficient (Wildman–Crippen LogP) is 4.30. The minimum absolute atomic E-state index is 0.00267. The van der Waals surface area contributed by atoms with E-state index in [0.29, 0.717) is 10.7 Å². The molecule has 2 N–H and O–H groups in total. The van der Waals surface area contributed by atoms with Crippen LogP contribution in [0.1, 0.15) is 0 Å². The number of hydrogen-bond acceptors (Lipinski definition) is 2. The van der Waals surface area contributed by atoms with E-state index in [0.717, 1.165) is 10.5 Å². The molecule has 0 fully saturated rings. The maximum absolute atomic E-state index is 13.7. The number of fused-ring (bicyclic) bond motifs is 1. The molecule has 0 unspecified atom stereocenters. The first kappa shape index (κ1) is 13.3. The number of halogens is 4. The van der Waals surface area contributed by atoms with Crippen LogP contribution >= 0.6 is 27.5 Å². The maximum atomic E-state index is 13.7. The number of nitrogens with two attached hydrogens (primary N) is 1. The zero-order chi connectivity index (χ0) is 14.4. The van der Waals surface area contributed by atoms with Gasteiger partial charge in [-0.2, -0.15) is 0 Å². The number of hydrogen-bond donors (Lipinski definition) is 1. The second-order valence-corrected chi connectivity index (χ2v) is 5.48. The van der Waals surface area contributed by atoms with Gasteiger partial charge in [-0.1, -0.05) is 27.5 Å². The minimum Gasteiger partial charge on any atom is -0.369 e. The van der Waals surface area contributed by atoms with Crippen molar-refractivity contribution in [3.8, 4) is 5.69 Å². The lowest BCUT2D eigenvalue weighted by Crippen LogP contribution is -2.01. The van der Waals surface area contributed by atoms with Crippen LogP contribution in [-0.2, 0) is 0 Å². The molecule has 0 radical (unpaired) electrons. The molecule has 0 saturated heterocycles. The molecule has 102 valence electrons. The summed E-state index contributed by atoms with van der Waals surface area (Å²) in [6, 6.07) is 7.04. The van der Waals surface area contributed by atoms with Crippen molar-refractivity contribution in [1.29, 1.82) is 0 Å². The quantitative estimate of drug-likeness (QED) is 0.705. The summed E-state index contributed by atoms with van der Waals surface area (Å²) in [5.74, 6) is -1.43. The van der Waals surface area contributed by atoms with Crippen molar-refractivity contribution in [3.63, 3.8) is 0 Å². The molecular formula is C13H7BrClF2N3. The molecule has 0 amide bonds. The lowest BCUT2D eigenvalue weighted by molar-refractivity contribution is 0.590. The molecule has 0 aliphatic heterocycles. The van der Waals surface area contributed by atoms with Gasteiger partial charge in [0.05, 0.1) is 16.2 Å². The largest absolute Gasteiger partial charge is 0.369 e. The van der Waals surface area contributed by atoms with Crippen molar-refractivity contribution in [1.82, 2.24) is 9.55 Å². The van der Waals surface area contributed by atoms with Crippen LogP contribution in [0.5, 0.6) is 0 Å². The van der Waals surface area contributed by atoms with Crippen LogP contribution in [0.15, 0.2) is 34.8 Å². The summed E-state index contributed by atoms with van der Waals surface area (Å²) in [5, 5.41) is 0.384. The second kappa shape index (κ2) is 4.71. The van der Waals surface area contributed by atoms with Gasteiger partial charge in [0.15, 0.2) is 5.82 Å². The molecule has 0 bridgehead atoms. The minimum atomic E-state index is -0.765. The van der Waals surface area contributed by atoms with Crippen LogP contribution < -0.4 is 5.73 Å². The summed E-state index contributed by atoms with van der Waals surface area (Å²) < 4.78 is 29.3. The van der Waals surface area contributed by atoms with Crippen molar-refractivity contribution in [2.45, 2.75) is 0 Å². The molecule has 1 heterocycles. The first-order valence-electron chi connectivity index (χ1n) is 5.56. The highest BCUT2D eigenvalue weighted by atomic mass is 79.9. The smallest absolute Gasteiger partial charge is 0.206 e. The monoisotopic (exact) mass is 357 g/mol. The molecule has 2 aromatic carbocycles. The molecule has 3 aromatic rings. The number of imidazole rings is 1. The number of nitrogen functional groups attached to an aromatic ring is 1. The Kier molecular flexibility index (Phi) is 3.14. The van der Waals surface area contributed by atoms with Gasteiger partial charge in [-0.25, -0.2) is 13.8 Å². The van der Waals surface area contributed by atoms with E-state index in [1.165, 1.54) is 10.6 Å². The number of rotatable bonds is 1. The third-order valence-electron chi connectivity index (χ3n) is 2.86. The Labute approximate surface area is 126 Å². The summed E-state index contributed by atoms with van der Waals surface area (Å²) in [7, 11) is 0. The molecule has 20 heavy (non-hydrogen) atoms. The first-order valence-corrected chi connectivity index (χ1v) is 6.73. The highest BCUT2D eigenvalue weighted by molar-refractivity contribution is 9.10. The Morgan fingerprint density at radius 3 is 2.65 bits per heavy atom. The summed E-state index contributed by atoms with van der Waals surface area (Å²) in [6.45, 7) is 0. The first-order chi connectivity index (χ1) is 9.47. The molecular weight excluding hydrogens is 352 g/mol. The van der Waals surface area contributed by atoms with Crippen LogP contribution in [-0.4, -0.2) is 9.55 Å². The van der Waals surface area contributed by atoms with E-state index in [2.05, 4.69) is 20.9 Å². The van der Waals surface area contributed by atoms with Crippen LogP contribution in [0, 0.1) is 11.6 Å². The molecule has 0 spiro atoms. The molecule has 0 aliphatic carbocycles. The Morgan fingerprint density at radius 1 is 1.20 bits per heavy atom. The third kappa shape index (κ3) is 2.05. The van der Waals surface area contributed by atoms with Gasteiger partial charge in [0.2, 0.25) is 5.95 Å². The van der Waals surface area contributed by atoms with Crippen molar-refractivity contribution >= 4 is 44.5 Å². The van der Waals surface area contributed by atoms with Crippen LogP contribution in [0.25, 0.3) is 16.7 Å². The number of aromatic nitrogens is 2. The average molecular weight is 359 g/mol. The predicted molar refractivity (Wildman–Crippen MR) is 78.1 cm³/mol. The van der Waals surface area contributed by atoms with Crippen molar-refractivity contribution in [2.75, 3.05) is 5.73 Å². The van der Waals surface area contributed by atoms with Gasteiger partial charge in [0.1, 0.15) is 11.3 Å². The van der Waals surface area contributed by atoms with Gasteiger partial charge in [-0.15, -0.1) is 0 Å². The fourth-order valence-electron chi connectivity index (χ4n) is 2.04. The van der Waals surface area contributed by atoms with Crippen molar-refractivity contribution < 1.29 is 8.78 Å². The topological polar surface area (TPSA) is 43.8 Å². The Morgan fingerprint density at radius 2 is 1.95 bits per heavy atom. The summed E-state index contributed by atoms with van der Waals surface area (Å²) in [4.78, 5) is 3.92. The SMILES string of the molecule is Nc1nc2c(F)cc(F)cc2n1-c1ccc(Br)cc1Cl. The van der Waals surface area contributed by atoms with Crippen molar-refractivity contribution in [2.24, 2.45) is 0 Å². The number of nitrogens with zero attached hydrogens (tertiary/aromatic N) is 2. The highest BCUT2D eigenvalue weighted by Gasteiger charge is 2.16. The van der Waals surface area contributed by atoms with Gasteiger partial charge < -0.3 is 5.73 Å². The van der Waals surface area contributed by atoms with Gasteiger partial charge >= 0.3 is 0 Å². The van der Waals surface area contributed by atoms with Crippen LogP contribution in [0.3, 0.4) is 0 Å². The second-order valence-electron chi connectivity index (χ2n) is 4.16. The zero-order valence-electron chi connectivity index (χ0n) is 9.87. The molecule has 0 atom stereocenters. The van der Waals surface area contributed by atoms with E-state index in [4.69, 9.17) is 17.3 Å². The Balaban J connectivity index is 2.38. The van der Waals surface area contributed by atoms with E-state index in [9.17, 15) is 8.78 Å². The van der Waals surface area contributed by atoms with Gasteiger partial charge in [-0.3, -0.25) is 4.57 Å². The van der Waals surface area contributed by atoms with Crippen LogP contribution in [0.4, 0.5) is 14.7 Å². The van der Waals surface area contributed by atoms with Gasteiger partial charge in [0, 0.05) is 16.6 Å². The lowest BCUT2D eigenvalue weighted by Gasteiger charge is -2.09. The molecule has 3 rings (SSSR count). The van der Waals surface area contributed by atoms with E-state index < -0.39 is 11.6 Å². The highest BCUT2D eigenvalue weighted by Crippen LogP contribution is 2.31. The Hall–Kier alpha value is -1.66.